The molecule has 25 heavy (non-hydrogen) atoms. The summed E-state index contributed by atoms with van der Waals surface area (Å²) in [4.78, 5) is 14.9. The quantitative estimate of drug-likeness (QED) is 0.382. The Morgan fingerprint density at radius 1 is 1.28 bits per heavy atom. The van der Waals surface area contributed by atoms with Gasteiger partial charge in [0, 0.05) is 40.7 Å². The summed E-state index contributed by atoms with van der Waals surface area (Å²) in [5, 5.41) is 4.72. The lowest BCUT2D eigenvalue weighted by Crippen LogP contribution is -2.17. The highest BCUT2D eigenvalue weighted by Gasteiger charge is 2.03. The molecule has 0 saturated carbocycles. The number of hydrogen-bond acceptors (Lipinski definition) is 4. The van der Waals surface area contributed by atoms with Crippen LogP contribution in [0.25, 0.3) is 0 Å². The van der Waals surface area contributed by atoms with Crippen molar-refractivity contribution in [2.45, 2.75) is 11.3 Å². The number of amides is 1. The second-order valence-corrected chi connectivity index (χ2v) is 7.91. The largest absolute Gasteiger partial charge is 0.377 e. The third-order valence-corrected chi connectivity index (χ3v) is 5.17. The smallest absolute Gasteiger partial charge is 0.240 e. The number of thioether (sulfide) groups is 1. The minimum atomic E-state index is -0.110. The van der Waals surface area contributed by atoms with E-state index < -0.39 is 0 Å². The summed E-state index contributed by atoms with van der Waals surface area (Å²) in [5.41, 5.74) is 4.55. The minimum absolute atomic E-state index is 0.110. The monoisotopic (exact) mass is 439 g/mol. The summed E-state index contributed by atoms with van der Waals surface area (Å²) in [7, 11) is 3.96. The highest BCUT2D eigenvalue weighted by Crippen LogP contribution is 2.25. The van der Waals surface area contributed by atoms with Crippen LogP contribution in [0.15, 0.2) is 56.9 Å². The zero-order chi connectivity index (χ0) is 18.2. The molecule has 2 rings (SSSR count). The van der Waals surface area contributed by atoms with Gasteiger partial charge >= 0.3 is 0 Å². The summed E-state index contributed by atoms with van der Waals surface area (Å²) >= 11 is 11.0. The van der Waals surface area contributed by atoms with Crippen molar-refractivity contribution in [3.63, 3.8) is 0 Å². The van der Waals surface area contributed by atoms with Gasteiger partial charge in [-0.25, -0.2) is 5.43 Å². The normalized spacial score (nSPS) is 10.9. The number of hydrogen-bond donors (Lipinski definition) is 1. The Balaban J connectivity index is 1.76. The van der Waals surface area contributed by atoms with Crippen LogP contribution in [0, 0.1) is 0 Å². The van der Waals surface area contributed by atoms with E-state index in [-0.39, 0.29) is 5.91 Å². The van der Waals surface area contributed by atoms with E-state index in [1.807, 2.05) is 61.5 Å². The molecule has 0 radical (unpaired) electrons. The highest BCUT2D eigenvalue weighted by molar-refractivity contribution is 9.10. The molecule has 0 bridgehead atoms. The molecule has 0 aromatic heterocycles. The SMILES string of the molecule is CN(C)c1ccc(/C=N/NC(=O)CCSc2ccc(Cl)cc2)cc1Br. The lowest BCUT2D eigenvalue weighted by Gasteiger charge is -2.14. The first-order chi connectivity index (χ1) is 12.0. The lowest BCUT2D eigenvalue weighted by molar-refractivity contribution is -0.120. The van der Waals surface area contributed by atoms with E-state index >= 15 is 0 Å². The number of halogens is 2. The molecule has 0 heterocycles. The predicted molar refractivity (Wildman–Crippen MR) is 111 cm³/mol. The molecular weight excluding hydrogens is 422 g/mol. The van der Waals surface area contributed by atoms with Crippen LogP contribution in [0.5, 0.6) is 0 Å². The van der Waals surface area contributed by atoms with Gasteiger partial charge < -0.3 is 4.90 Å². The van der Waals surface area contributed by atoms with Crippen molar-refractivity contribution in [3.05, 3.63) is 57.5 Å². The highest BCUT2D eigenvalue weighted by atomic mass is 79.9. The molecule has 4 nitrogen and oxygen atoms in total. The van der Waals surface area contributed by atoms with Crippen LogP contribution in [-0.2, 0) is 4.79 Å². The van der Waals surface area contributed by atoms with E-state index in [0.29, 0.717) is 17.2 Å². The van der Waals surface area contributed by atoms with Crippen molar-refractivity contribution in [2.24, 2.45) is 5.10 Å². The first kappa shape index (κ1) is 19.8. The maximum Gasteiger partial charge on any atom is 0.240 e. The zero-order valence-electron chi connectivity index (χ0n) is 14.0. The van der Waals surface area contributed by atoms with Gasteiger partial charge in [0.05, 0.1) is 11.9 Å². The Bertz CT molecular complexity index is 750. The average Bonchev–Trinajstić information content (AvgIpc) is 2.56. The Hall–Kier alpha value is -1.50. The molecular formula is C18H19BrClN3OS. The minimum Gasteiger partial charge on any atom is -0.377 e. The van der Waals surface area contributed by atoms with Crippen LogP contribution in [0.2, 0.25) is 5.02 Å². The van der Waals surface area contributed by atoms with Crippen LogP contribution in [-0.4, -0.2) is 32.0 Å². The van der Waals surface area contributed by atoms with Crippen molar-refractivity contribution in [1.29, 1.82) is 0 Å². The van der Waals surface area contributed by atoms with Crippen LogP contribution in [0.4, 0.5) is 5.69 Å². The van der Waals surface area contributed by atoms with Gasteiger partial charge in [-0.2, -0.15) is 5.10 Å². The number of carbonyl (C=O) groups is 1. The fraction of sp³-hybridized carbons (Fsp3) is 0.222. The summed E-state index contributed by atoms with van der Waals surface area (Å²) < 4.78 is 0.979. The Labute approximate surface area is 165 Å². The molecule has 7 heteroatoms. The van der Waals surface area contributed by atoms with Crippen LogP contribution in [0.3, 0.4) is 0 Å². The van der Waals surface area contributed by atoms with Crippen LogP contribution >= 0.6 is 39.3 Å². The van der Waals surface area contributed by atoms with Gasteiger partial charge in [-0.05, 0) is 57.9 Å². The summed E-state index contributed by atoms with van der Waals surface area (Å²) in [6, 6.07) is 13.5. The van der Waals surface area contributed by atoms with E-state index in [2.05, 4.69) is 26.5 Å². The van der Waals surface area contributed by atoms with E-state index in [9.17, 15) is 4.79 Å². The summed E-state index contributed by atoms with van der Waals surface area (Å²) in [6.45, 7) is 0. The van der Waals surface area contributed by atoms with E-state index in [4.69, 9.17) is 11.6 Å². The van der Waals surface area contributed by atoms with Crippen LogP contribution in [0.1, 0.15) is 12.0 Å². The Kier molecular flexibility index (Phi) is 7.81. The standard InChI is InChI=1S/C18H19BrClN3OS/c1-23(2)17-8-3-13(11-16(17)19)12-21-22-18(24)9-10-25-15-6-4-14(20)5-7-15/h3-8,11-12H,9-10H2,1-2H3,(H,22,24)/b21-12+. The fourth-order valence-electron chi connectivity index (χ4n) is 1.99. The molecule has 0 saturated heterocycles. The number of rotatable bonds is 7. The average molecular weight is 441 g/mol. The molecule has 0 fully saturated rings. The molecule has 2 aromatic rings. The van der Waals surface area contributed by atoms with Gasteiger partial charge in [0.1, 0.15) is 0 Å². The molecule has 2 aromatic carbocycles. The van der Waals surface area contributed by atoms with Gasteiger partial charge in [-0.1, -0.05) is 17.7 Å². The third kappa shape index (κ3) is 6.72. The molecule has 0 atom stereocenters. The van der Waals surface area contributed by atoms with Crippen molar-refractivity contribution < 1.29 is 4.79 Å². The van der Waals surface area contributed by atoms with Crippen molar-refractivity contribution in [2.75, 3.05) is 24.7 Å². The number of nitrogens with zero attached hydrogens (tertiary/aromatic N) is 2. The topological polar surface area (TPSA) is 44.7 Å². The molecule has 0 spiro atoms. The predicted octanol–water partition coefficient (Wildman–Crippen LogP) is 4.80. The lowest BCUT2D eigenvalue weighted by atomic mass is 10.2. The summed E-state index contributed by atoms with van der Waals surface area (Å²) in [5.74, 6) is 0.577. The molecule has 0 unspecified atom stereocenters. The van der Waals surface area contributed by atoms with Gasteiger partial charge in [0.2, 0.25) is 5.91 Å². The molecule has 132 valence electrons. The second kappa shape index (κ2) is 9.85. The van der Waals surface area contributed by atoms with Gasteiger partial charge in [-0.3, -0.25) is 4.79 Å². The van der Waals surface area contributed by atoms with Gasteiger partial charge in [0.15, 0.2) is 0 Å². The number of benzene rings is 2. The Morgan fingerprint density at radius 3 is 2.64 bits per heavy atom. The van der Waals surface area contributed by atoms with Gasteiger partial charge in [0.25, 0.3) is 0 Å². The third-order valence-electron chi connectivity index (χ3n) is 3.27. The number of hydrazone groups is 1. The van der Waals surface area contributed by atoms with Crippen molar-refractivity contribution in [1.82, 2.24) is 5.43 Å². The fourth-order valence-corrected chi connectivity index (χ4v) is 3.72. The number of carbonyl (C=O) groups excluding carboxylic acids is 1. The molecule has 1 amide bonds. The number of anilines is 1. The second-order valence-electron chi connectivity index (χ2n) is 5.45. The molecule has 0 aliphatic rings. The van der Waals surface area contributed by atoms with Crippen LogP contribution < -0.4 is 10.3 Å². The zero-order valence-corrected chi connectivity index (χ0v) is 17.2. The maximum atomic E-state index is 11.8. The van der Waals surface area contributed by atoms with Crippen molar-refractivity contribution in [3.8, 4) is 0 Å². The maximum absolute atomic E-state index is 11.8. The first-order valence-electron chi connectivity index (χ1n) is 7.63. The van der Waals surface area contributed by atoms with E-state index in [1.165, 1.54) is 0 Å². The number of nitrogens with one attached hydrogen (secondary N) is 1. The molecule has 0 aliphatic heterocycles. The summed E-state index contributed by atoms with van der Waals surface area (Å²) in [6.07, 6.45) is 2.03. The van der Waals surface area contributed by atoms with Crippen molar-refractivity contribution >= 4 is 57.1 Å². The molecule has 1 N–H and O–H groups in total. The molecule has 0 aliphatic carbocycles. The van der Waals surface area contributed by atoms with Gasteiger partial charge in [-0.15, -0.1) is 11.8 Å². The van der Waals surface area contributed by atoms with E-state index in [1.54, 1.807) is 18.0 Å². The Morgan fingerprint density at radius 2 is 2.00 bits per heavy atom. The van der Waals surface area contributed by atoms with E-state index in [0.717, 1.165) is 20.6 Å². The first-order valence-corrected chi connectivity index (χ1v) is 9.78.